The third-order valence-corrected chi connectivity index (χ3v) is 6.38. The van der Waals surface area contributed by atoms with Crippen molar-refractivity contribution in [3.05, 3.63) is 72.6 Å². The zero-order chi connectivity index (χ0) is 28.7. The zero-order valence-electron chi connectivity index (χ0n) is 20.9. The number of halogens is 5. The van der Waals surface area contributed by atoms with Gasteiger partial charge in [-0.2, -0.15) is 18.3 Å². The highest BCUT2D eigenvalue weighted by atomic mass is 19.4. The van der Waals surface area contributed by atoms with E-state index in [0.717, 1.165) is 6.07 Å². The van der Waals surface area contributed by atoms with Crippen LogP contribution >= 0.6 is 0 Å². The predicted octanol–water partition coefficient (Wildman–Crippen LogP) is 5.03. The maximum Gasteiger partial charge on any atom is 0.491 e. The number of rotatable bonds is 5. The van der Waals surface area contributed by atoms with Crippen LogP contribution in [0.15, 0.2) is 67.0 Å². The Kier molecular flexibility index (Phi) is 6.90. The van der Waals surface area contributed by atoms with Crippen LogP contribution in [-0.2, 0) is 11.8 Å². The van der Waals surface area contributed by atoms with Crippen molar-refractivity contribution in [2.24, 2.45) is 7.05 Å². The number of alkyl halides is 5. The number of esters is 1. The number of amides is 1. The summed E-state index contributed by atoms with van der Waals surface area (Å²) in [5.41, 5.74) is 1.66. The molecule has 1 aliphatic heterocycles. The second-order valence-electron chi connectivity index (χ2n) is 9.19. The number of ether oxygens (including phenoxy) is 2. The molecular formula is C27H21F5N4O4. The van der Waals surface area contributed by atoms with Crippen LogP contribution in [-0.4, -0.2) is 62.8 Å². The molecule has 40 heavy (non-hydrogen) atoms. The van der Waals surface area contributed by atoms with Crippen LogP contribution in [0.5, 0.6) is 11.6 Å². The molecule has 1 amide bonds. The van der Waals surface area contributed by atoms with Crippen molar-refractivity contribution in [2.75, 3.05) is 13.1 Å². The van der Waals surface area contributed by atoms with Gasteiger partial charge >= 0.3 is 12.1 Å². The van der Waals surface area contributed by atoms with Gasteiger partial charge in [-0.15, -0.1) is 0 Å². The molecule has 4 aromatic rings. The molecule has 0 aliphatic carbocycles. The van der Waals surface area contributed by atoms with E-state index in [-0.39, 0.29) is 17.6 Å². The van der Waals surface area contributed by atoms with E-state index in [0.29, 0.717) is 16.5 Å². The predicted molar refractivity (Wildman–Crippen MR) is 132 cm³/mol. The number of benzene rings is 2. The van der Waals surface area contributed by atoms with Gasteiger partial charge in [0.05, 0.1) is 18.3 Å². The minimum atomic E-state index is -5.34. The highest BCUT2D eigenvalue weighted by Crippen LogP contribution is 2.37. The Morgan fingerprint density at radius 1 is 1.07 bits per heavy atom. The van der Waals surface area contributed by atoms with Crippen LogP contribution < -0.4 is 9.47 Å². The summed E-state index contributed by atoms with van der Waals surface area (Å²) in [5, 5.41) is 4.40. The molecule has 0 saturated carbocycles. The summed E-state index contributed by atoms with van der Waals surface area (Å²) >= 11 is 0. The van der Waals surface area contributed by atoms with Gasteiger partial charge in [-0.05, 0) is 23.8 Å². The molecular weight excluding hydrogens is 539 g/mol. The summed E-state index contributed by atoms with van der Waals surface area (Å²) in [4.78, 5) is 30.3. The first-order chi connectivity index (χ1) is 18.9. The third-order valence-electron chi connectivity index (χ3n) is 6.38. The number of aromatic nitrogens is 3. The van der Waals surface area contributed by atoms with Crippen LogP contribution in [0.4, 0.5) is 22.0 Å². The van der Waals surface area contributed by atoms with Crippen LogP contribution in [0.25, 0.3) is 22.0 Å². The highest BCUT2D eigenvalue weighted by Gasteiger charge is 2.48. The van der Waals surface area contributed by atoms with Gasteiger partial charge < -0.3 is 14.4 Å². The summed E-state index contributed by atoms with van der Waals surface area (Å²) in [6.07, 6.45) is -4.84. The number of aryl methyl sites for hydroxylation is 1. The molecule has 2 aromatic heterocycles. The number of carbonyl (C=O) groups excluding carboxylic acids is 2. The van der Waals surface area contributed by atoms with Gasteiger partial charge in [0.25, 0.3) is 17.7 Å². The Bertz CT molecular complexity index is 1590. The summed E-state index contributed by atoms with van der Waals surface area (Å²) < 4.78 is 80.3. The van der Waals surface area contributed by atoms with E-state index in [1.54, 1.807) is 60.5 Å². The number of hydrogen-bond acceptors (Lipinski definition) is 6. The Hall–Kier alpha value is -4.55. The Morgan fingerprint density at radius 2 is 1.80 bits per heavy atom. The Labute approximate surface area is 223 Å². The lowest BCUT2D eigenvalue weighted by Gasteiger charge is -2.38. The van der Waals surface area contributed by atoms with Gasteiger partial charge in [0, 0.05) is 42.7 Å². The number of piperidine rings is 1. The minimum absolute atomic E-state index is 0.210. The molecule has 1 fully saturated rings. The van der Waals surface area contributed by atoms with E-state index in [1.165, 1.54) is 17.0 Å². The molecule has 0 spiro atoms. The summed E-state index contributed by atoms with van der Waals surface area (Å²) in [5.74, 6) is -8.08. The first-order valence-corrected chi connectivity index (χ1v) is 12.0. The largest absolute Gasteiger partial charge is 0.491 e. The quantitative estimate of drug-likeness (QED) is 0.251. The number of para-hydroxylation sites is 1. The van der Waals surface area contributed by atoms with Gasteiger partial charge in [0.2, 0.25) is 0 Å². The van der Waals surface area contributed by atoms with E-state index in [1.807, 2.05) is 0 Å². The van der Waals surface area contributed by atoms with Crippen LogP contribution in [0.2, 0.25) is 0 Å². The lowest BCUT2D eigenvalue weighted by atomic mass is 9.98. The van der Waals surface area contributed by atoms with Crippen LogP contribution in [0.3, 0.4) is 0 Å². The first-order valence-electron chi connectivity index (χ1n) is 12.0. The lowest BCUT2D eigenvalue weighted by molar-refractivity contribution is -0.190. The summed E-state index contributed by atoms with van der Waals surface area (Å²) in [7, 11) is 1.71. The molecule has 3 heterocycles. The number of fused-ring (bicyclic) bond motifs is 1. The Balaban J connectivity index is 1.45. The smallest absolute Gasteiger partial charge is 0.463 e. The van der Waals surface area contributed by atoms with Crippen molar-refractivity contribution in [3.8, 4) is 22.8 Å². The van der Waals surface area contributed by atoms with Crippen LogP contribution in [0, 0.1) is 0 Å². The second kappa shape index (κ2) is 10.2. The average Bonchev–Trinajstić information content (AvgIpc) is 3.35. The maximum atomic E-state index is 15.0. The van der Waals surface area contributed by atoms with E-state index >= 15 is 8.78 Å². The van der Waals surface area contributed by atoms with E-state index < -0.39 is 54.7 Å². The van der Waals surface area contributed by atoms with Gasteiger partial charge in [0.1, 0.15) is 0 Å². The molecule has 1 unspecified atom stereocenters. The molecule has 1 aliphatic rings. The van der Waals surface area contributed by atoms with Gasteiger partial charge in [-0.25, -0.2) is 18.6 Å². The molecule has 0 bridgehead atoms. The standard InChI is InChI=1S/C27H21F5N4O4/c1-35-14-17(13-33-35)18-7-3-4-8-19(18)24(37)36-11-10-26(28,29)22(15-36)40-23-21(39-25(38)27(30,31)32)12-16-6-2-5-9-20(16)34-23/h2-9,12-14,22H,10-11,15H2,1H3. The van der Waals surface area contributed by atoms with Crippen molar-refractivity contribution in [1.29, 1.82) is 0 Å². The van der Waals surface area contributed by atoms with Crippen LogP contribution in [0.1, 0.15) is 16.8 Å². The van der Waals surface area contributed by atoms with Gasteiger partial charge in [-0.1, -0.05) is 36.4 Å². The molecule has 13 heteroatoms. The van der Waals surface area contributed by atoms with E-state index in [2.05, 4.69) is 14.8 Å². The monoisotopic (exact) mass is 560 g/mol. The van der Waals surface area contributed by atoms with Crippen molar-refractivity contribution in [2.45, 2.75) is 24.6 Å². The molecule has 1 atom stereocenters. The normalized spacial score (nSPS) is 17.1. The molecule has 1 saturated heterocycles. The topological polar surface area (TPSA) is 86.5 Å². The summed E-state index contributed by atoms with van der Waals surface area (Å²) in [6, 6.07) is 13.8. The molecule has 5 rings (SSSR count). The number of hydrogen-bond donors (Lipinski definition) is 0. The zero-order valence-corrected chi connectivity index (χ0v) is 20.9. The number of pyridine rings is 1. The number of carbonyl (C=O) groups is 2. The summed E-state index contributed by atoms with van der Waals surface area (Å²) in [6.45, 7) is -0.900. The van der Waals surface area contributed by atoms with Crippen molar-refractivity contribution in [3.63, 3.8) is 0 Å². The average molecular weight is 560 g/mol. The SMILES string of the molecule is Cn1cc(-c2ccccc2C(=O)N2CCC(F)(F)C(Oc3nc4ccccc4cc3OC(=O)C(F)(F)F)C2)cn1. The third kappa shape index (κ3) is 5.44. The number of likely N-dealkylation sites (tertiary alicyclic amines) is 1. The minimum Gasteiger partial charge on any atom is -0.463 e. The molecule has 208 valence electrons. The molecule has 0 radical (unpaired) electrons. The number of nitrogens with zero attached hydrogens (tertiary/aromatic N) is 4. The molecule has 8 nitrogen and oxygen atoms in total. The first kappa shape index (κ1) is 27.0. The lowest BCUT2D eigenvalue weighted by Crippen LogP contribution is -2.55. The second-order valence-corrected chi connectivity index (χ2v) is 9.19. The van der Waals surface area contributed by atoms with Crippen molar-refractivity contribution in [1.82, 2.24) is 19.7 Å². The maximum absolute atomic E-state index is 15.0. The Morgan fingerprint density at radius 3 is 2.52 bits per heavy atom. The van der Waals surface area contributed by atoms with Gasteiger partial charge in [0.15, 0.2) is 11.9 Å². The van der Waals surface area contributed by atoms with Gasteiger partial charge in [-0.3, -0.25) is 9.48 Å². The fraction of sp³-hybridized carbons (Fsp3) is 0.259. The molecule has 0 N–H and O–H groups in total. The fourth-order valence-corrected chi connectivity index (χ4v) is 4.36. The van der Waals surface area contributed by atoms with E-state index in [4.69, 9.17) is 4.74 Å². The van der Waals surface area contributed by atoms with Crippen molar-refractivity contribution >= 4 is 22.8 Å². The highest BCUT2D eigenvalue weighted by molar-refractivity contribution is 6.01. The van der Waals surface area contributed by atoms with E-state index in [9.17, 15) is 22.8 Å². The fourth-order valence-electron chi connectivity index (χ4n) is 4.36. The van der Waals surface area contributed by atoms with Crippen molar-refractivity contribution < 1.29 is 41.0 Å². The molecule has 2 aromatic carbocycles.